The number of carbonyl (C=O) groups excluding carboxylic acids is 10. The van der Waals surface area contributed by atoms with Crippen LogP contribution in [0.4, 0.5) is 4.79 Å². The number of carbonyl (C=O) groups is 10. The van der Waals surface area contributed by atoms with Crippen LogP contribution in [0.2, 0.25) is 0 Å². The zero-order valence-electron chi connectivity index (χ0n) is 42.2. The second-order valence-electron chi connectivity index (χ2n) is 19.4. The summed E-state index contributed by atoms with van der Waals surface area (Å²) in [7, 11) is 0. The molecule has 1 fully saturated rings. The quantitative estimate of drug-likeness (QED) is 0.0917. The first-order valence-electron chi connectivity index (χ1n) is 21.9. The van der Waals surface area contributed by atoms with Gasteiger partial charge in [-0.3, -0.25) is 38.4 Å². The monoisotopic (exact) mass is 979 g/mol. The van der Waals surface area contributed by atoms with Crippen molar-refractivity contribution in [3.8, 4) is 0 Å². The summed E-state index contributed by atoms with van der Waals surface area (Å²) in [6, 6.07) is 6.93. The van der Waals surface area contributed by atoms with E-state index in [9.17, 15) is 47.9 Å². The third-order valence-electron chi connectivity index (χ3n) is 9.86. The summed E-state index contributed by atoms with van der Waals surface area (Å²) in [5.41, 5.74) is -7.21. The Balaban J connectivity index is 2.60. The largest absolute Gasteiger partial charge is 0.463 e. The molecule has 386 valence electrons. The first-order valence-corrected chi connectivity index (χ1v) is 21.9. The van der Waals surface area contributed by atoms with Gasteiger partial charge >= 0.3 is 35.9 Å². The summed E-state index contributed by atoms with van der Waals surface area (Å²) in [4.78, 5) is 131. The first-order chi connectivity index (χ1) is 31.5. The van der Waals surface area contributed by atoms with Crippen LogP contribution in [0.15, 0.2) is 30.3 Å². The lowest BCUT2D eigenvalue weighted by Gasteiger charge is -2.45. The molecule has 5 N–H and O–H groups in total. The second-order valence-corrected chi connectivity index (χ2v) is 19.4. The Morgan fingerprint density at radius 1 is 0.580 bits per heavy atom. The van der Waals surface area contributed by atoms with Gasteiger partial charge < -0.3 is 64.5 Å². The fourth-order valence-electron chi connectivity index (χ4n) is 6.21. The van der Waals surface area contributed by atoms with Gasteiger partial charge in [-0.2, -0.15) is 0 Å². The molecule has 5 amide bonds. The smallest absolute Gasteiger partial charge is 0.408 e. The van der Waals surface area contributed by atoms with E-state index in [0.29, 0.717) is 5.56 Å². The van der Waals surface area contributed by atoms with Crippen molar-refractivity contribution < 1.29 is 85.8 Å². The Labute approximate surface area is 401 Å². The molecule has 7 atom stereocenters. The SMILES string of the molecule is CC(=O)OC[C@H]1O[C@@H](O[C@H](C)[C@H](NC(=O)C(C)(C)NC(=O)C(C)(C)NC(=O)OCc2ccccc2)C(=O)NC(C)(C)C(=O)NC(C)(C)C(=O)OC(C)(C)C)[C@H](OC(C)=O)[C@@H](OC(C)=O)[C@H]1OC(C)=O. The average Bonchev–Trinajstić information content (AvgIpc) is 3.18. The molecule has 1 aromatic rings. The van der Waals surface area contributed by atoms with Gasteiger partial charge in [-0.05, 0) is 88.6 Å². The Kier molecular flexibility index (Phi) is 20.2. The van der Waals surface area contributed by atoms with Gasteiger partial charge in [0.05, 0.1) is 6.10 Å². The van der Waals surface area contributed by atoms with Crippen LogP contribution in [0.1, 0.15) is 116 Å². The molecule has 1 heterocycles. The van der Waals surface area contributed by atoms with E-state index >= 15 is 0 Å². The van der Waals surface area contributed by atoms with Crippen molar-refractivity contribution in [2.24, 2.45) is 0 Å². The third-order valence-corrected chi connectivity index (χ3v) is 9.86. The maximum absolute atomic E-state index is 14.5. The molecule has 1 aliphatic heterocycles. The highest BCUT2D eigenvalue weighted by atomic mass is 16.7. The minimum Gasteiger partial charge on any atom is -0.463 e. The van der Waals surface area contributed by atoms with E-state index in [-0.39, 0.29) is 6.61 Å². The van der Waals surface area contributed by atoms with E-state index in [1.165, 1.54) is 62.3 Å². The summed E-state index contributed by atoms with van der Waals surface area (Å²) in [5.74, 6) is -8.15. The molecule has 1 saturated heterocycles. The lowest BCUT2D eigenvalue weighted by Crippen LogP contribution is -2.68. The van der Waals surface area contributed by atoms with Crippen molar-refractivity contribution in [2.45, 2.75) is 188 Å². The molecular formula is C46H69N5O18. The predicted octanol–water partition coefficient (Wildman–Crippen LogP) is 1.69. The molecule has 23 nitrogen and oxygen atoms in total. The topological polar surface area (TPSA) is 305 Å². The first kappa shape index (κ1) is 58.8. The third kappa shape index (κ3) is 18.6. The molecule has 0 spiro atoms. The minimum atomic E-state index is -1.87. The summed E-state index contributed by atoms with van der Waals surface area (Å²) in [6.07, 6.45) is -10.8. The van der Waals surface area contributed by atoms with Crippen molar-refractivity contribution in [1.82, 2.24) is 26.6 Å². The van der Waals surface area contributed by atoms with Crippen molar-refractivity contribution in [3.63, 3.8) is 0 Å². The molecule has 0 saturated carbocycles. The lowest BCUT2D eigenvalue weighted by molar-refractivity contribution is -0.316. The van der Waals surface area contributed by atoms with E-state index in [0.717, 1.165) is 27.7 Å². The Morgan fingerprint density at radius 2 is 1.06 bits per heavy atom. The standard InChI is InChI=1S/C46H69N5O18/c1-24(64-36-34(67-28(5)55)33(66-27(4)54)32(65-26(3)53)30(68-36)23-62-25(2)52)31(35(56)48-44(11,12)38(58)50-46(15,16)40(60)69-42(6,7)8)47-37(57)43(9,10)49-39(59)45(13,14)51-41(61)63-22-29-20-18-17-19-21-29/h17-21,24,30-34,36H,22-23H2,1-16H3,(H,47,57)(H,48,56)(H,49,59)(H,50,58)(H,51,61)/t24-,30-,31+,32+,33+,34-,36-/m1/s1. The average molecular weight is 980 g/mol. The van der Waals surface area contributed by atoms with Crippen LogP contribution in [0.3, 0.4) is 0 Å². The van der Waals surface area contributed by atoms with E-state index in [1.54, 1.807) is 51.1 Å². The zero-order chi connectivity index (χ0) is 53.0. The van der Waals surface area contributed by atoms with Crippen molar-refractivity contribution in [3.05, 3.63) is 35.9 Å². The Hall–Kier alpha value is -6.36. The fourth-order valence-corrected chi connectivity index (χ4v) is 6.21. The molecule has 1 aromatic carbocycles. The van der Waals surface area contributed by atoms with E-state index in [4.69, 9.17) is 37.9 Å². The highest BCUT2D eigenvalue weighted by Crippen LogP contribution is 2.31. The fraction of sp³-hybridized carbons (Fsp3) is 0.652. The van der Waals surface area contributed by atoms with E-state index in [2.05, 4.69) is 26.6 Å². The van der Waals surface area contributed by atoms with Crippen LogP contribution in [0, 0.1) is 0 Å². The number of hydrogen-bond donors (Lipinski definition) is 5. The van der Waals surface area contributed by atoms with Crippen LogP contribution in [0.5, 0.6) is 0 Å². The second kappa shape index (κ2) is 23.8. The Bertz CT molecular complexity index is 2060. The molecule has 0 aliphatic carbocycles. The van der Waals surface area contributed by atoms with Gasteiger partial charge in [0.15, 0.2) is 24.6 Å². The van der Waals surface area contributed by atoms with Crippen LogP contribution < -0.4 is 26.6 Å². The van der Waals surface area contributed by atoms with Gasteiger partial charge in [-0.25, -0.2) is 9.59 Å². The summed E-state index contributed by atoms with van der Waals surface area (Å²) < 4.78 is 44.5. The van der Waals surface area contributed by atoms with Gasteiger partial charge in [-0.1, -0.05) is 30.3 Å². The zero-order valence-corrected chi connectivity index (χ0v) is 42.2. The number of nitrogens with one attached hydrogen (secondary N) is 5. The van der Waals surface area contributed by atoms with Crippen molar-refractivity contribution in [2.75, 3.05) is 6.61 Å². The van der Waals surface area contributed by atoms with Crippen LogP contribution >= 0.6 is 0 Å². The normalized spacial score (nSPS) is 19.4. The van der Waals surface area contributed by atoms with Crippen LogP contribution in [-0.2, 0) is 87.7 Å². The highest BCUT2D eigenvalue weighted by Gasteiger charge is 2.54. The van der Waals surface area contributed by atoms with Gasteiger partial charge in [0.25, 0.3) is 0 Å². The summed E-state index contributed by atoms with van der Waals surface area (Å²) in [6.45, 7) is 20.3. The van der Waals surface area contributed by atoms with Gasteiger partial charge in [0, 0.05) is 27.7 Å². The minimum absolute atomic E-state index is 0.0977. The number of esters is 5. The molecule has 0 unspecified atom stereocenters. The summed E-state index contributed by atoms with van der Waals surface area (Å²) in [5, 5.41) is 12.6. The number of amides is 5. The highest BCUT2D eigenvalue weighted by molar-refractivity contribution is 5.99. The number of rotatable bonds is 20. The maximum atomic E-state index is 14.5. The Morgan fingerprint density at radius 3 is 1.57 bits per heavy atom. The number of ether oxygens (including phenoxy) is 8. The number of benzene rings is 1. The van der Waals surface area contributed by atoms with Gasteiger partial charge in [-0.15, -0.1) is 0 Å². The number of hydrogen-bond acceptors (Lipinski definition) is 18. The molecule has 0 radical (unpaired) electrons. The molecular weight excluding hydrogens is 911 g/mol. The number of alkyl carbamates (subject to hydrolysis) is 1. The molecule has 0 aromatic heterocycles. The van der Waals surface area contributed by atoms with Crippen LogP contribution in [0.25, 0.3) is 0 Å². The summed E-state index contributed by atoms with van der Waals surface area (Å²) >= 11 is 0. The molecule has 0 bridgehead atoms. The maximum Gasteiger partial charge on any atom is 0.408 e. The molecule has 23 heteroatoms. The van der Waals surface area contributed by atoms with E-state index in [1.807, 2.05) is 0 Å². The van der Waals surface area contributed by atoms with Crippen molar-refractivity contribution in [1.29, 1.82) is 0 Å². The molecule has 2 rings (SSSR count). The molecule has 69 heavy (non-hydrogen) atoms. The van der Waals surface area contributed by atoms with Crippen LogP contribution in [-0.4, -0.2) is 137 Å². The van der Waals surface area contributed by atoms with E-state index < -0.39 is 137 Å². The molecule has 1 aliphatic rings. The lowest BCUT2D eigenvalue weighted by atomic mass is 9.96. The van der Waals surface area contributed by atoms with Crippen molar-refractivity contribution >= 4 is 59.6 Å². The van der Waals surface area contributed by atoms with Gasteiger partial charge in [0.1, 0.15) is 53.1 Å². The van der Waals surface area contributed by atoms with Gasteiger partial charge in [0.2, 0.25) is 23.6 Å². The predicted molar refractivity (Wildman–Crippen MR) is 241 cm³/mol.